The van der Waals surface area contributed by atoms with Gasteiger partial charge in [0, 0.05) is 24.7 Å². The first-order chi connectivity index (χ1) is 19.3. The lowest BCUT2D eigenvalue weighted by Gasteiger charge is -2.18. The van der Waals surface area contributed by atoms with Crippen molar-refractivity contribution in [2.24, 2.45) is 0 Å². The average molecular weight is 591 g/mol. The fraction of sp³-hybridized carbons (Fsp3) is 0.222. The van der Waals surface area contributed by atoms with Crippen LogP contribution in [0.25, 0.3) is 21.5 Å². The van der Waals surface area contributed by atoms with Gasteiger partial charge in [-0.2, -0.15) is 17.9 Å². The molecule has 0 aliphatic carbocycles. The van der Waals surface area contributed by atoms with Crippen LogP contribution in [0.1, 0.15) is 12.0 Å². The minimum atomic E-state index is -5.08. The smallest absolute Gasteiger partial charge is 0.490 e. The number of amides is 1. The highest BCUT2D eigenvalue weighted by Crippen LogP contribution is 2.26. The highest BCUT2D eigenvalue weighted by Gasteiger charge is 2.38. The summed E-state index contributed by atoms with van der Waals surface area (Å²) in [5.74, 6) is -1.92. The first kappa shape index (κ1) is 29.6. The molecule has 1 fully saturated rings. The number of fused-ring (bicyclic) bond motifs is 2. The zero-order chi connectivity index (χ0) is 29.9. The number of sulfonamides is 1. The number of nitrogen functional groups attached to an aromatic ring is 1. The molecule has 1 atom stereocenters. The molecule has 0 saturated carbocycles. The number of ether oxygens (including phenoxy) is 1. The highest BCUT2D eigenvalue weighted by molar-refractivity contribution is 7.89. The molecule has 0 radical (unpaired) electrons. The number of likely N-dealkylation sites (tertiary alicyclic amines) is 1. The van der Waals surface area contributed by atoms with Gasteiger partial charge in [-0.3, -0.25) is 4.79 Å². The van der Waals surface area contributed by atoms with E-state index in [0.717, 1.165) is 27.1 Å². The molecule has 0 bridgehead atoms. The van der Waals surface area contributed by atoms with E-state index in [1.54, 1.807) is 42.5 Å². The van der Waals surface area contributed by atoms with E-state index in [-0.39, 0.29) is 10.8 Å². The first-order valence-corrected chi connectivity index (χ1v) is 13.6. The van der Waals surface area contributed by atoms with Crippen LogP contribution in [0.3, 0.4) is 0 Å². The molecule has 1 aromatic heterocycles. The fourth-order valence-corrected chi connectivity index (χ4v) is 5.57. The molecule has 4 N–H and O–H groups in total. The summed E-state index contributed by atoms with van der Waals surface area (Å²) in [5.41, 5.74) is 6.89. The summed E-state index contributed by atoms with van der Waals surface area (Å²) in [5, 5.41) is 10.6. The van der Waals surface area contributed by atoms with Crippen molar-refractivity contribution < 1.29 is 41.0 Å². The van der Waals surface area contributed by atoms with E-state index in [1.165, 1.54) is 0 Å². The maximum atomic E-state index is 13.0. The van der Waals surface area contributed by atoms with E-state index in [1.807, 2.05) is 36.4 Å². The molecule has 4 aromatic rings. The molecule has 0 spiro atoms. The number of alkyl halides is 3. The Bertz CT molecular complexity index is 1730. The summed E-state index contributed by atoms with van der Waals surface area (Å²) in [4.78, 5) is 27.8. The number of carboxylic acid groups (broad SMARTS) is 1. The minimum absolute atomic E-state index is 0.108. The summed E-state index contributed by atoms with van der Waals surface area (Å²) in [6.07, 6.45) is -3.03. The van der Waals surface area contributed by atoms with Gasteiger partial charge < -0.3 is 20.5 Å². The van der Waals surface area contributed by atoms with Crippen LogP contribution < -0.4 is 15.2 Å². The van der Waals surface area contributed by atoms with Crippen LogP contribution in [0.15, 0.2) is 71.8 Å². The number of nitrogens with zero attached hydrogens (tertiary/aromatic N) is 2. The van der Waals surface area contributed by atoms with Crippen LogP contribution in [-0.4, -0.2) is 61.2 Å². The Labute approximate surface area is 232 Å². The van der Waals surface area contributed by atoms with Gasteiger partial charge in [0.25, 0.3) is 0 Å². The Balaban J connectivity index is 0.000000493. The molecule has 3 aromatic carbocycles. The lowest BCUT2D eigenvalue weighted by molar-refractivity contribution is -0.192. The van der Waals surface area contributed by atoms with Gasteiger partial charge in [-0.1, -0.05) is 24.3 Å². The van der Waals surface area contributed by atoms with Crippen LogP contribution in [-0.2, 0) is 26.2 Å². The fourth-order valence-electron chi connectivity index (χ4n) is 4.31. The molecule has 10 nitrogen and oxygen atoms in total. The number of carboxylic acids is 1. The molecule has 41 heavy (non-hydrogen) atoms. The molecule has 1 amide bonds. The van der Waals surface area contributed by atoms with Crippen LogP contribution in [0, 0.1) is 0 Å². The summed E-state index contributed by atoms with van der Waals surface area (Å²) >= 11 is 0. The molecule has 1 unspecified atom stereocenters. The number of carbonyl (C=O) groups is 2. The second-order valence-electron chi connectivity index (χ2n) is 9.15. The topological polar surface area (TPSA) is 152 Å². The van der Waals surface area contributed by atoms with E-state index in [4.69, 9.17) is 20.4 Å². The molecule has 1 saturated heterocycles. The predicted molar refractivity (Wildman–Crippen MR) is 144 cm³/mol. The van der Waals surface area contributed by atoms with Gasteiger partial charge in [0.2, 0.25) is 15.9 Å². The van der Waals surface area contributed by atoms with Gasteiger partial charge in [0.05, 0.1) is 12.0 Å². The molecule has 216 valence electrons. The first-order valence-electron chi connectivity index (χ1n) is 12.1. The second-order valence-corrected chi connectivity index (χ2v) is 10.9. The summed E-state index contributed by atoms with van der Waals surface area (Å²) in [6, 6.07) is 17.2. The quantitative estimate of drug-likeness (QED) is 0.308. The summed E-state index contributed by atoms with van der Waals surface area (Å²) < 4.78 is 65.7. The molecular formula is C27H25F3N4O6S. The van der Waals surface area contributed by atoms with Crippen molar-refractivity contribution in [3.05, 3.63) is 72.4 Å². The van der Waals surface area contributed by atoms with Crippen LogP contribution in [0.5, 0.6) is 5.75 Å². The standard InChI is InChI=1S/C25H24N4O4S.C2HF3O2/c1-33-20-6-4-17-5-7-21(14-19(17)13-20)34(31,32)28-23-9-11-29(25(23)30)15-16-2-3-18-8-10-27-24(26)22(18)12-16;3-2(4,5)1(6)7/h2-8,10,12-14,23,28H,9,11,15H2,1H3,(H2,26,27);(H,6,7). The number of nitrogens with two attached hydrogens (primary N) is 1. The van der Waals surface area contributed by atoms with Gasteiger partial charge in [0.1, 0.15) is 17.6 Å². The number of anilines is 1. The monoisotopic (exact) mass is 590 g/mol. The lowest BCUT2D eigenvalue weighted by atomic mass is 10.1. The third kappa shape index (κ3) is 6.84. The largest absolute Gasteiger partial charge is 0.497 e. The third-order valence-electron chi connectivity index (χ3n) is 6.40. The van der Waals surface area contributed by atoms with Crippen molar-refractivity contribution in [2.75, 3.05) is 19.4 Å². The lowest BCUT2D eigenvalue weighted by Crippen LogP contribution is -2.41. The zero-order valence-electron chi connectivity index (χ0n) is 21.6. The molecule has 5 rings (SSSR count). The summed E-state index contributed by atoms with van der Waals surface area (Å²) in [6.45, 7) is 0.832. The van der Waals surface area contributed by atoms with E-state index >= 15 is 0 Å². The van der Waals surface area contributed by atoms with E-state index < -0.39 is 28.2 Å². The average Bonchev–Trinajstić information content (AvgIpc) is 3.26. The normalized spacial score (nSPS) is 15.6. The molecule has 14 heteroatoms. The molecule has 1 aliphatic rings. The maximum absolute atomic E-state index is 13.0. The maximum Gasteiger partial charge on any atom is 0.490 e. The predicted octanol–water partition coefficient (Wildman–Crippen LogP) is 3.69. The Hall–Kier alpha value is -4.43. The van der Waals surface area contributed by atoms with Crippen LogP contribution >= 0.6 is 0 Å². The highest BCUT2D eigenvalue weighted by atomic mass is 32.2. The number of aromatic nitrogens is 1. The van der Waals surface area contributed by atoms with Gasteiger partial charge in [-0.25, -0.2) is 18.2 Å². The van der Waals surface area contributed by atoms with Gasteiger partial charge in [-0.15, -0.1) is 0 Å². The molecule has 1 aliphatic heterocycles. The van der Waals surface area contributed by atoms with Gasteiger partial charge in [-0.05, 0) is 64.5 Å². The number of hydrogen-bond donors (Lipinski definition) is 3. The number of benzene rings is 3. The molecule has 2 heterocycles. The number of pyridine rings is 1. The van der Waals surface area contributed by atoms with E-state index in [9.17, 15) is 26.4 Å². The number of halogens is 3. The SMILES string of the molecule is COc1ccc2ccc(S(=O)(=O)NC3CCN(Cc4ccc5ccnc(N)c5c4)C3=O)cc2c1.O=C(O)C(F)(F)F. The zero-order valence-corrected chi connectivity index (χ0v) is 22.4. The number of methoxy groups -OCH3 is 1. The van der Waals surface area contributed by atoms with Crippen molar-refractivity contribution in [2.45, 2.75) is 30.1 Å². The minimum Gasteiger partial charge on any atom is -0.497 e. The van der Waals surface area contributed by atoms with Crippen LogP contribution in [0.4, 0.5) is 19.0 Å². The van der Waals surface area contributed by atoms with Crippen molar-refractivity contribution >= 4 is 49.3 Å². The Morgan fingerprint density at radius 1 is 1.10 bits per heavy atom. The number of rotatable bonds is 6. The number of hydrogen-bond acceptors (Lipinski definition) is 7. The van der Waals surface area contributed by atoms with Crippen LogP contribution in [0.2, 0.25) is 0 Å². The van der Waals surface area contributed by atoms with Gasteiger partial charge >= 0.3 is 12.1 Å². The summed E-state index contributed by atoms with van der Waals surface area (Å²) in [7, 11) is -2.32. The van der Waals surface area contributed by atoms with Crippen molar-refractivity contribution in [1.29, 1.82) is 0 Å². The van der Waals surface area contributed by atoms with Crippen molar-refractivity contribution in [3.8, 4) is 5.75 Å². The Morgan fingerprint density at radius 2 is 1.78 bits per heavy atom. The number of nitrogens with one attached hydrogen (secondary N) is 1. The molecular weight excluding hydrogens is 565 g/mol. The number of carbonyl (C=O) groups excluding carboxylic acids is 1. The second kappa shape index (κ2) is 11.6. The van der Waals surface area contributed by atoms with E-state index in [2.05, 4.69) is 9.71 Å². The van der Waals surface area contributed by atoms with Crippen molar-refractivity contribution in [1.82, 2.24) is 14.6 Å². The number of aliphatic carboxylic acids is 1. The van der Waals surface area contributed by atoms with Gasteiger partial charge in [0.15, 0.2) is 0 Å². The Morgan fingerprint density at radius 3 is 2.46 bits per heavy atom. The van der Waals surface area contributed by atoms with Crippen molar-refractivity contribution in [3.63, 3.8) is 0 Å². The Kier molecular flexibility index (Phi) is 8.35. The third-order valence-corrected chi connectivity index (χ3v) is 7.87. The van der Waals surface area contributed by atoms with E-state index in [0.29, 0.717) is 31.1 Å².